The van der Waals surface area contributed by atoms with E-state index >= 15 is 0 Å². The number of carbonyl (C=O) groups is 3. The van der Waals surface area contributed by atoms with Crippen LogP contribution in [0.4, 0.5) is 31.1 Å². The molecule has 0 saturated carbocycles. The lowest BCUT2D eigenvalue weighted by Crippen LogP contribution is -2.73. The lowest BCUT2D eigenvalue weighted by molar-refractivity contribution is -0.176. The molecular weight excluding hydrogens is 652 g/mol. The second-order valence-corrected chi connectivity index (χ2v) is 12.8. The number of nitrogens with zero attached hydrogens (tertiary/aromatic N) is 3. The molecule has 5 rings (SSSR count). The van der Waals surface area contributed by atoms with E-state index in [2.05, 4.69) is 0 Å². The van der Waals surface area contributed by atoms with Crippen molar-refractivity contribution < 1.29 is 45.5 Å². The molecule has 0 aromatic heterocycles. The van der Waals surface area contributed by atoms with Crippen molar-refractivity contribution in [2.75, 3.05) is 13.1 Å². The van der Waals surface area contributed by atoms with Gasteiger partial charge in [-0.05, 0) is 60.1 Å². The third kappa shape index (κ3) is 8.37. The Morgan fingerprint density at radius 3 is 1.92 bits per heavy atom. The summed E-state index contributed by atoms with van der Waals surface area (Å²) < 4.78 is 86.2. The molecule has 2 aliphatic heterocycles. The summed E-state index contributed by atoms with van der Waals surface area (Å²) >= 11 is 0. The number of rotatable bonds is 9. The third-order valence-electron chi connectivity index (χ3n) is 8.90. The average molecular weight is 690 g/mol. The van der Waals surface area contributed by atoms with Gasteiger partial charge in [-0.1, -0.05) is 74.5 Å². The summed E-state index contributed by atoms with van der Waals surface area (Å²) in [5, 5.41) is 0. The van der Waals surface area contributed by atoms with Crippen LogP contribution in [0.3, 0.4) is 0 Å². The third-order valence-corrected chi connectivity index (χ3v) is 8.90. The van der Waals surface area contributed by atoms with Crippen LogP contribution in [0, 0.1) is 11.8 Å². The van der Waals surface area contributed by atoms with Crippen LogP contribution in [-0.2, 0) is 46.3 Å². The number of ether oxygens (including phenoxy) is 1. The second kappa shape index (κ2) is 14.5. The van der Waals surface area contributed by atoms with Crippen LogP contribution in [0.2, 0.25) is 0 Å². The van der Waals surface area contributed by atoms with Gasteiger partial charge in [0.2, 0.25) is 11.8 Å². The first-order chi connectivity index (χ1) is 23.1. The van der Waals surface area contributed by atoms with Crippen LogP contribution < -0.4 is 0 Å². The molecule has 0 unspecified atom stereocenters. The van der Waals surface area contributed by atoms with Gasteiger partial charge in [-0.3, -0.25) is 14.5 Å². The molecule has 0 N–H and O–H groups in total. The molecule has 262 valence electrons. The Morgan fingerprint density at radius 2 is 1.37 bits per heavy atom. The molecule has 3 atom stereocenters. The van der Waals surface area contributed by atoms with Gasteiger partial charge in [-0.15, -0.1) is 0 Å². The first-order valence-electron chi connectivity index (χ1n) is 16.0. The van der Waals surface area contributed by atoms with E-state index in [1.807, 2.05) is 60.7 Å². The molecule has 2 aliphatic rings. The maximum Gasteiger partial charge on any atom is 0.416 e. The molecule has 2 saturated heterocycles. The monoisotopic (exact) mass is 689 g/mol. The number of alkyl halides is 6. The summed E-state index contributed by atoms with van der Waals surface area (Å²) in [6.07, 6.45) is -10.5. The number of hydrogen-bond donors (Lipinski definition) is 0. The SMILES string of the molecule is CC(C)[C@H]1C(=O)N(Cc2ccccc2)C[C@@H]2N(C(=O)OCc3cc(C(F)(F)F)cc(C(F)(F)F)c3)C[C@H](CCCc3ccccc3)C(=O)N12. The topological polar surface area (TPSA) is 70.2 Å². The standard InChI is InChI=1S/C36H37F6N3O4/c1-23(2)31-33(47)43(19-25-12-7-4-8-13-25)21-30-44(20-27(32(46)45(30)31)15-9-14-24-10-5-3-6-11-24)34(48)49-22-26-16-28(35(37,38)39)18-29(17-26)36(40,41)42/h3-8,10-13,16-18,23,27,30-31H,9,14-15,19-22H2,1-2H3/t27-,30+,31-/m0/s1. The first kappa shape index (κ1) is 35.7. The van der Waals surface area contributed by atoms with Crippen molar-refractivity contribution >= 4 is 17.9 Å². The number of benzene rings is 3. The van der Waals surface area contributed by atoms with Crippen molar-refractivity contribution in [1.82, 2.24) is 14.7 Å². The number of halogens is 6. The van der Waals surface area contributed by atoms with Crippen LogP contribution in [-0.4, -0.2) is 57.9 Å². The van der Waals surface area contributed by atoms with Gasteiger partial charge in [0.25, 0.3) is 0 Å². The lowest BCUT2D eigenvalue weighted by Gasteiger charge is -2.54. The van der Waals surface area contributed by atoms with Crippen molar-refractivity contribution in [3.8, 4) is 0 Å². The Kier molecular flexibility index (Phi) is 10.6. The minimum Gasteiger partial charge on any atom is -0.444 e. The number of piperazine rings is 1. The van der Waals surface area contributed by atoms with Gasteiger partial charge in [0.05, 0.1) is 23.6 Å². The van der Waals surface area contributed by atoms with E-state index in [9.17, 15) is 40.7 Å². The van der Waals surface area contributed by atoms with Gasteiger partial charge < -0.3 is 14.5 Å². The molecule has 3 amide bonds. The van der Waals surface area contributed by atoms with Gasteiger partial charge in [-0.2, -0.15) is 26.3 Å². The highest BCUT2D eigenvalue weighted by Crippen LogP contribution is 2.37. The van der Waals surface area contributed by atoms with Gasteiger partial charge in [-0.25, -0.2) is 4.79 Å². The molecule has 0 aliphatic carbocycles. The normalized spacial score (nSPS) is 20.1. The van der Waals surface area contributed by atoms with Crippen LogP contribution in [0.5, 0.6) is 0 Å². The van der Waals surface area contributed by atoms with Crippen molar-refractivity contribution in [1.29, 1.82) is 0 Å². The smallest absolute Gasteiger partial charge is 0.416 e. The quantitative estimate of drug-likeness (QED) is 0.218. The summed E-state index contributed by atoms with van der Waals surface area (Å²) in [4.78, 5) is 46.1. The molecule has 7 nitrogen and oxygen atoms in total. The molecule has 13 heteroatoms. The molecule has 0 bridgehead atoms. The molecule has 2 heterocycles. The lowest BCUT2D eigenvalue weighted by atomic mass is 9.89. The fourth-order valence-corrected chi connectivity index (χ4v) is 6.54. The highest BCUT2D eigenvalue weighted by molar-refractivity contribution is 5.92. The van der Waals surface area contributed by atoms with E-state index in [0.717, 1.165) is 11.1 Å². The van der Waals surface area contributed by atoms with Gasteiger partial charge >= 0.3 is 18.4 Å². The predicted molar refractivity (Wildman–Crippen MR) is 167 cm³/mol. The van der Waals surface area contributed by atoms with Crippen molar-refractivity contribution in [2.24, 2.45) is 11.8 Å². The summed E-state index contributed by atoms with van der Waals surface area (Å²) in [6.45, 7) is 2.77. The van der Waals surface area contributed by atoms with E-state index in [-0.39, 0.29) is 43.4 Å². The Labute approximate surface area is 280 Å². The number of hydrogen-bond acceptors (Lipinski definition) is 4. The summed E-state index contributed by atoms with van der Waals surface area (Å²) in [7, 11) is 0. The summed E-state index contributed by atoms with van der Waals surface area (Å²) in [5.41, 5.74) is -1.66. The second-order valence-electron chi connectivity index (χ2n) is 12.8. The Bertz CT molecular complexity index is 1600. The molecule has 49 heavy (non-hydrogen) atoms. The zero-order chi connectivity index (χ0) is 35.5. The van der Waals surface area contributed by atoms with Gasteiger partial charge in [0.15, 0.2) is 0 Å². The number of aryl methyl sites for hydroxylation is 1. The summed E-state index contributed by atoms with van der Waals surface area (Å²) in [6, 6.07) is 18.9. The van der Waals surface area contributed by atoms with Gasteiger partial charge in [0.1, 0.15) is 18.8 Å². The van der Waals surface area contributed by atoms with E-state index in [1.54, 1.807) is 18.7 Å². The van der Waals surface area contributed by atoms with Crippen LogP contribution >= 0.6 is 0 Å². The zero-order valence-corrected chi connectivity index (χ0v) is 27.0. The van der Waals surface area contributed by atoms with Crippen LogP contribution in [0.1, 0.15) is 54.5 Å². The number of fused-ring (bicyclic) bond motifs is 1. The Morgan fingerprint density at radius 1 is 0.796 bits per heavy atom. The van der Waals surface area contributed by atoms with E-state index in [4.69, 9.17) is 4.74 Å². The zero-order valence-electron chi connectivity index (χ0n) is 27.0. The van der Waals surface area contributed by atoms with E-state index < -0.39 is 59.9 Å². The van der Waals surface area contributed by atoms with E-state index in [0.29, 0.717) is 31.4 Å². The minimum absolute atomic E-state index is 0.00586. The largest absolute Gasteiger partial charge is 0.444 e. The highest BCUT2D eigenvalue weighted by atomic mass is 19.4. The van der Waals surface area contributed by atoms with E-state index in [1.165, 1.54) is 9.80 Å². The molecule has 3 aromatic rings. The van der Waals surface area contributed by atoms with Gasteiger partial charge in [0, 0.05) is 13.1 Å². The minimum atomic E-state index is -5.07. The average Bonchev–Trinajstić information content (AvgIpc) is 3.05. The van der Waals surface area contributed by atoms with Crippen molar-refractivity contribution in [3.63, 3.8) is 0 Å². The fraction of sp³-hybridized carbons (Fsp3) is 0.417. The maximum absolute atomic E-state index is 14.1. The number of amides is 3. The predicted octanol–water partition coefficient (Wildman–Crippen LogP) is 7.54. The maximum atomic E-state index is 14.1. The van der Waals surface area contributed by atoms with Crippen molar-refractivity contribution in [3.05, 3.63) is 107 Å². The van der Waals surface area contributed by atoms with Crippen LogP contribution in [0.25, 0.3) is 0 Å². The fourth-order valence-electron chi connectivity index (χ4n) is 6.54. The Hall–Kier alpha value is -4.55. The number of carbonyl (C=O) groups excluding carboxylic acids is 3. The highest BCUT2D eigenvalue weighted by Gasteiger charge is 2.52. The first-order valence-corrected chi connectivity index (χ1v) is 16.0. The Balaban J connectivity index is 1.43. The molecule has 0 radical (unpaired) electrons. The molecule has 0 spiro atoms. The molecular formula is C36H37F6N3O4. The summed E-state index contributed by atoms with van der Waals surface area (Å²) in [5.74, 6) is -1.64. The van der Waals surface area contributed by atoms with Crippen molar-refractivity contribution in [2.45, 2.75) is 70.8 Å². The molecule has 2 fully saturated rings. The van der Waals surface area contributed by atoms with Crippen LogP contribution in [0.15, 0.2) is 78.9 Å². The molecule has 3 aromatic carbocycles.